The molecule has 2 aromatic carbocycles. The number of carbonyl (C=O) groups excluding carboxylic acids is 1. The summed E-state index contributed by atoms with van der Waals surface area (Å²) in [5, 5.41) is 0.391. The van der Waals surface area contributed by atoms with Crippen molar-refractivity contribution in [2.24, 2.45) is 0 Å². The van der Waals surface area contributed by atoms with Gasteiger partial charge in [0.05, 0.1) is 18.7 Å². The van der Waals surface area contributed by atoms with Crippen molar-refractivity contribution in [3.05, 3.63) is 47.0 Å². The van der Waals surface area contributed by atoms with E-state index in [1.165, 1.54) is 13.2 Å². The summed E-state index contributed by atoms with van der Waals surface area (Å²) >= 11 is 6.19. The van der Waals surface area contributed by atoms with E-state index in [4.69, 9.17) is 35.3 Å². The maximum atomic E-state index is 12.0. The summed E-state index contributed by atoms with van der Waals surface area (Å²) in [4.78, 5) is 12.0. The Morgan fingerprint density at radius 1 is 1.23 bits per heavy atom. The van der Waals surface area contributed by atoms with Gasteiger partial charge in [0.25, 0.3) is 0 Å². The summed E-state index contributed by atoms with van der Waals surface area (Å²) in [7, 11) is 1.52. The van der Waals surface area contributed by atoms with E-state index in [9.17, 15) is 4.79 Å². The van der Waals surface area contributed by atoms with E-state index in [1.54, 1.807) is 36.4 Å². The lowest BCUT2D eigenvalue weighted by molar-refractivity contribution is -0.128. The molecule has 0 aromatic heterocycles. The number of fused-ring (bicyclic) bond motifs is 1. The van der Waals surface area contributed by atoms with Crippen LogP contribution in [-0.4, -0.2) is 26.5 Å². The van der Waals surface area contributed by atoms with Gasteiger partial charge in [-0.2, -0.15) is 0 Å². The van der Waals surface area contributed by atoms with Crippen LogP contribution in [0.2, 0.25) is 5.02 Å². The average molecular weight is 377 g/mol. The van der Waals surface area contributed by atoms with E-state index in [-0.39, 0.29) is 6.79 Å². The van der Waals surface area contributed by atoms with Crippen LogP contribution in [0.15, 0.2) is 36.4 Å². The first-order chi connectivity index (χ1) is 12.6. The smallest absolute Gasteiger partial charge is 0.336 e. The van der Waals surface area contributed by atoms with Crippen LogP contribution >= 0.6 is 11.6 Å². The monoisotopic (exact) mass is 376 g/mol. The third-order valence-corrected chi connectivity index (χ3v) is 3.79. The molecule has 0 bridgehead atoms. The van der Waals surface area contributed by atoms with E-state index in [0.717, 1.165) is 0 Å². The molecular weight excluding hydrogens is 360 g/mol. The zero-order chi connectivity index (χ0) is 18.5. The predicted molar refractivity (Wildman–Crippen MR) is 96.4 cm³/mol. The lowest BCUT2D eigenvalue weighted by Gasteiger charge is -2.11. The van der Waals surface area contributed by atoms with Gasteiger partial charge in [0.15, 0.2) is 23.0 Å². The van der Waals surface area contributed by atoms with Gasteiger partial charge in [0.1, 0.15) is 5.75 Å². The second-order valence-corrected chi connectivity index (χ2v) is 5.64. The molecule has 6 nitrogen and oxygen atoms in total. The Balaban J connectivity index is 1.71. The zero-order valence-electron chi connectivity index (χ0n) is 14.3. The molecule has 1 aliphatic heterocycles. The maximum absolute atomic E-state index is 12.0. The topological polar surface area (TPSA) is 63.2 Å². The number of rotatable bonds is 6. The third kappa shape index (κ3) is 4.03. The largest absolute Gasteiger partial charge is 0.491 e. The first kappa shape index (κ1) is 17.9. The van der Waals surface area contributed by atoms with Crippen LogP contribution < -0.4 is 23.7 Å². The highest BCUT2D eigenvalue weighted by molar-refractivity contribution is 6.32. The van der Waals surface area contributed by atoms with E-state index in [0.29, 0.717) is 45.9 Å². The first-order valence-corrected chi connectivity index (χ1v) is 8.28. The summed E-state index contributed by atoms with van der Waals surface area (Å²) in [5.41, 5.74) is 0.682. The molecule has 0 radical (unpaired) electrons. The number of benzene rings is 2. The molecule has 7 heteroatoms. The fourth-order valence-corrected chi connectivity index (χ4v) is 2.70. The van der Waals surface area contributed by atoms with Gasteiger partial charge < -0.3 is 23.7 Å². The van der Waals surface area contributed by atoms with Crippen molar-refractivity contribution in [1.29, 1.82) is 0 Å². The molecule has 136 valence electrons. The second kappa shape index (κ2) is 8.01. The fourth-order valence-electron chi connectivity index (χ4n) is 2.40. The van der Waals surface area contributed by atoms with E-state index < -0.39 is 5.97 Å². The van der Waals surface area contributed by atoms with Crippen LogP contribution in [0.25, 0.3) is 6.08 Å². The van der Waals surface area contributed by atoms with Gasteiger partial charge in [-0.15, -0.1) is 0 Å². The molecule has 0 saturated heterocycles. The molecule has 0 unspecified atom stereocenters. The Hall–Kier alpha value is -2.86. The van der Waals surface area contributed by atoms with Crippen LogP contribution in [0.3, 0.4) is 0 Å². The molecule has 0 spiro atoms. The number of esters is 1. The number of carbonyl (C=O) groups is 1. The minimum Gasteiger partial charge on any atom is -0.491 e. The molecule has 1 heterocycles. The lowest BCUT2D eigenvalue weighted by Crippen LogP contribution is -2.03. The van der Waals surface area contributed by atoms with Crippen molar-refractivity contribution in [2.45, 2.75) is 6.92 Å². The normalized spacial score (nSPS) is 12.3. The first-order valence-electron chi connectivity index (χ1n) is 7.90. The van der Waals surface area contributed by atoms with E-state index in [1.807, 2.05) is 6.92 Å². The molecule has 1 aliphatic rings. The molecular formula is C19H17ClO6. The van der Waals surface area contributed by atoms with Gasteiger partial charge >= 0.3 is 5.97 Å². The maximum Gasteiger partial charge on any atom is 0.336 e. The number of ether oxygens (including phenoxy) is 5. The Kier molecular flexibility index (Phi) is 5.53. The van der Waals surface area contributed by atoms with Crippen LogP contribution in [0.1, 0.15) is 12.5 Å². The molecule has 0 aliphatic carbocycles. The highest BCUT2D eigenvalue weighted by atomic mass is 35.5. The van der Waals surface area contributed by atoms with Gasteiger partial charge in [-0.1, -0.05) is 11.6 Å². The number of halogens is 1. The molecule has 2 aromatic rings. The number of hydrogen-bond donors (Lipinski definition) is 0. The summed E-state index contributed by atoms with van der Waals surface area (Å²) < 4.78 is 26.5. The summed E-state index contributed by atoms with van der Waals surface area (Å²) in [6.07, 6.45) is 2.89. The van der Waals surface area contributed by atoms with Crippen molar-refractivity contribution < 1.29 is 28.5 Å². The van der Waals surface area contributed by atoms with Crippen molar-refractivity contribution in [1.82, 2.24) is 0 Å². The molecule has 26 heavy (non-hydrogen) atoms. The van der Waals surface area contributed by atoms with Gasteiger partial charge in [0.2, 0.25) is 6.79 Å². The Bertz CT molecular complexity index is 846. The highest BCUT2D eigenvalue weighted by Gasteiger charge is 2.15. The van der Waals surface area contributed by atoms with Crippen molar-refractivity contribution >= 4 is 23.6 Å². The summed E-state index contributed by atoms with van der Waals surface area (Å²) in [5.74, 6) is 1.96. The van der Waals surface area contributed by atoms with Gasteiger partial charge in [0, 0.05) is 12.1 Å². The fraction of sp³-hybridized carbons (Fsp3) is 0.211. The Morgan fingerprint density at radius 3 is 2.81 bits per heavy atom. The van der Waals surface area contributed by atoms with Crippen LogP contribution in [0.5, 0.6) is 28.7 Å². The zero-order valence-corrected chi connectivity index (χ0v) is 15.0. The number of methoxy groups -OCH3 is 1. The Morgan fingerprint density at radius 2 is 2.04 bits per heavy atom. The Labute approximate surface area is 155 Å². The van der Waals surface area contributed by atoms with Gasteiger partial charge in [-0.3, -0.25) is 0 Å². The van der Waals surface area contributed by atoms with Gasteiger partial charge in [-0.05, 0) is 42.8 Å². The quantitative estimate of drug-likeness (QED) is 0.430. The van der Waals surface area contributed by atoms with Crippen molar-refractivity contribution in [3.8, 4) is 28.7 Å². The minimum absolute atomic E-state index is 0.160. The molecule has 0 saturated carbocycles. The van der Waals surface area contributed by atoms with E-state index >= 15 is 0 Å². The molecule has 0 fully saturated rings. The standard InChI is InChI=1S/C19H17ClO6/c1-3-23-17-9-12(8-14(20)19(17)22-2)4-7-18(21)26-13-5-6-15-16(10-13)25-11-24-15/h4-10H,3,11H2,1-2H3/b7-4+. The average Bonchev–Trinajstić information content (AvgIpc) is 3.08. The van der Waals surface area contributed by atoms with Crippen molar-refractivity contribution in [3.63, 3.8) is 0 Å². The second-order valence-electron chi connectivity index (χ2n) is 5.24. The lowest BCUT2D eigenvalue weighted by atomic mass is 10.2. The SMILES string of the molecule is CCOc1cc(/C=C/C(=O)Oc2ccc3c(c2)OCO3)cc(Cl)c1OC. The van der Waals surface area contributed by atoms with Gasteiger partial charge in [-0.25, -0.2) is 4.79 Å². The van der Waals surface area contributed by atoms with Crippen LogP contribution in [0.4, 0.5) is 0 Å². The van der Waals surface area contributed by atoms with Crippen LogP contribution in [-0.2, 0) is 4.79 Å². The number of hydrogen-bond acceptors (Lipinski definition) is 6. The highest BCUT2D eigenvalue weighted by Crippen LogP contribution is 2.37. The van der Waals surface area contributed by atoms with Crippen molar-refractivity contribution in [2.75, 3.05) is 20.5 Å². The van der Waals surface area contributed by atoms with E-state index in [2.05, 4.69) is 0 Å². The molecule has 0 atom stereocenters. The third-order valence-electron chi connectivity index (χ3n) is 3.51. The minimum atomic E-state index is -0.534. The van der Waals surface area contributed by atoms with Crippen LogP contribution in [0, 0.1) is 0 Å². The predicted octanol–water partition coefficient (Wildman–Crippen LogP) is 4.09. The molecule has 0 amide bonds. The summed E-state index contributed by atoms with van der Waals surface area (Å²) in [6.45, 7) is 2.48. The summed E-state index contributed by atoms with van der Waals surface area (Å²) in [6, 6.07) is 8.33. The molecule has 0 N–H and O–H groups in total. The molecule has 3 rings (SSSR count).